The van der Waals surface area contributed by atoms with Crippen molar-refractivity contribution in [3.05, 3.63) is 82.9 Å². The Balaban J connectivity index is 1.35. The Morgan fingerprint density at radius 2 is 2.06 bits per heavy atom. The third kappa shape index (κ3) is 3.14. The van der Waals surface area contributed by atoms with Gasteiger partial charge < -0.3 is 10.2 Å². The Morgan fingerprint density at radius 3 is 2.85 bits per heavy atom. The molecule has 1 aliphatic heterocycles. The van der Waals surface area contributed by atoms with Gasteiger partial charge in [0.25, 0.3) is 5.91 Å². The second-order valence-corrected chi connectivity index (χ2v) is 8.75. The molecule has 0 spiro atoms. The number of hydrogen-bond acceptors (Lipinski definition) is 5. The molecule has 1 aliphatic carbocycles. The molecule has 166 valence electrons. The molecule has 33 heavy (non-hydrogen) atoms. The number of nitrogens with zero attached hydrogens (tertiary/aromatic N) is 5. The zero-order chi connectivity index (χ0) is 22.7. The number of carbonyl (C=O) groups excluding carboxylic acids is 1. The lowest BCUT2D eigenvalue weighted by atomic mass is 10.0. The van der Waals surface area contributed by atoms with Crippen molar-refractivity contribution in [1.82, 2.24) is 19.6 Å². The van der Waals surface area contributed by atoms with E-state index in [4.69, 9.17) is 16.6 Å². The van der Waals surface area contributed by atoms with Gasteiger partial charge in [0.1, 0.15) is 28.8 Å². The van der Waals surface area contributed by atoms with Gasteiger partial charge in [-0.2, -0.15) is 5.10 Å². The van der Waals surface area contributed by atoms with Gasteiger partial charge in [-0.3, -0.25) is 4.79 Å². The molecule has 10 heteroatoms. The minimum Gasteiger partial charge on any atom is -0.346 e. The highest BCUT2D eigenvalue weighted by molar-refractivity contribution is 6.30. The molecule has 1 aromatic carbocycles. The van der Waals surface area contributed by atoms with Crippen LogP contribution in [-0.4, -0.2) is 32.0 Å². The molecule has 2 fully saturated rings. The second kappa shape index (κ2) is 7.21. The fourth-order valence-corrected chi connectivity index (χ4v) is 5.00. The monoisotopic (exact) mass is 466 g/mol. The van der Waals surface area contributed by atoms with E-state index in [0.717, 1.165) is 18.9 Å². The summed E-state index contributed by atoms with van der Waals surface area (Å²) >= 11 is 5.84. The van der Waals surface area contributed by atoms with Crippen LogP contribution in [0.4, 0.5) is 20.3 Å². The van der Waals surface area contributed by atoms with Crippen molar-refractivity contribution >= 4 is 34.7 Å². The molecule has 6 rings (SSSR count). The lowest BCUT2D eigenvalue weighted by Gasteiger charge is -2.30. The average molecular weight is 467 g/mol. The molecule has 0 radical (unpaired) electrons. The molecular weight excluding hydrogens is 450 g/mol. The van der Waals surface area contributed by atoms with Gasteiger partial charge >= 0.3 is 0 Å². The maximum atomic E-state index is 14.7. The van der Waals surface area contributed by atoms with Gasteiger partial charge in [0.2, 0.25) is 0 Å². The number of rotatable bonds is 4. The molecule has 7 nitrogen and oxygen atoms in total. The SMILES string of the molecule is O=C(Nc1cnn2ccc(N3CC[C@H]4C[C@]43c3cc(F)ccc3F)nc12)c1ccc(Cl)cn1. The van der Waals surface area contributed by atoms with Gasteiger partial charge in [-0.1, -0.05) is 11.6 Å². The maximum Gasteiger partial charge on any atom is 0.274 e. The molecule has 4 heterocycles. The number of hydrogen-bond donors (Lipinski definition) is 1. The number of amides is 1. The summed E-state index contributed by atoms with van der Waals surface area (Å²) in [6, 6.07) is 8.50. The van der Waals surface area contributed by atoms with Crippen LogP contribution in [0, 0.1) is 17.6 Å². The number of aromatic nitrogens is 4. The van der Waals surface area contributed by atoms with Crippen LogP contribution >= 0.6 is 11.6 Å². The first-order chi connectivity index (χ1) is 16.0. The van der Waals surface area contributed by atoms with E-state index in [1.807, 2.05) is 4.90 Å². The number of fused-ring (bicyclic) bond motifs is 2. The number of halogens is 3. The molecule has 2 aliphatic rings. The third-order valence-corrected chi connectivity index (χ3v) is 6.71. The molecule has 2 atom stereocenters. The van der Waals surface area contributed by atoms with E-state index in [-0.39, 0.29) is 11.6 Å². The summed E-state index contributed by atoms with van der Waals surface area (Å²) in [5, 5.41) is 7.46. The van der Waals surface area contributed by atoms with Gasteiger partial charge in [-0.15, -0.1) is 0 Å². The third-order valence-electron chi connectivity index (χ3n) is 6.49. The predicted octanol–water partition coefficient (Wildman–Crippen LogP) is 4.43. The van der Waals surface area contributed by atoms with E-state index in [1.54, 1.807) is 22.8 Å². The second-order valence-electron chi connectivity index (χ2n) is 8.32. The molecule has 1 N–H and O–H groups in total. The van der Waals surface area contributed by atoms with Gasteiger partial charge in [0, 0.05) is 24.5 Å². The van der Waals surface area contributed by atoms with Crippen LogP contribution in [0.2, 0.25) is 5.02 Å². The largest absolute Gasteiger partial charge is 0.346 e. The highest BCUT2D eigenvalue weighted by atomic mass is 35.5. The van der Waals surface area contributed by atoms with Crippen molar-refractivity contribution in [1.29, 1.82) is 0 Å². The first-order valence-electron chi connectivity index (χ1n) is 10.5. The number of pyridine rings is 1. The average Bonchev–Trinajstić information content (AvgIpc) is 3.21. The van der Waals surface area contributed by atoms with Crippen LogP contribution < -0.4 is 10.2 Å². The minimum absolute atomic E-state index is 0.204. The van der Waals surface area contributed by atoms with Crippen LogP contribution in [0.15, 0.2) is 55.0 Å². The smallest absolute Gasteiger partial charge is 0.274 e. The Hall–Kier alpha value is -3.59. The lowest BCUT2D eigenvalue weighted by Crippen LogP contribution is -2.34. The number of anilines is 2. The summed E-state index contributed by atoms with van der Waals surface area (Å²) < 4.78 is 30.2. The Labute approximate surface area is 192 Å². The van der Waals surface area contributed by atoms with E-state index < -0.39 is 23.1 Å². The molecule has 4 aromatic rings. The summed E-state index contributed by atoms with van der Waals surface area (Å²) in [4.78, 5) is 23.4. The van der Waals surface area contributed by atoms with Crippen LogP contribution in [-0.2, 0) is 5.54 Å². The van der Waals surface area contributed by atoms with Crippen molar-refractivity contribution in [2.45, 2.75) is 18.4 Å². The molecule has 1 saturated heterocycles. The number of piperidine rings is 1. The van der Waals surface area contributed by atoms with Crippen LogP contribution in [0.1, 0.15) is 28.9 Å². The van der Waals surface area contributed by atoms with Crippen molar-refractivity contribution in [2.24, 2.45) is 5.92 Å². The quantitative estimate of drug-likeness (QED) is 0.481. The van der Waals surface area contributed by atoms with E-state index in [9.17, 15) is 13.6 Å². The van der Waals surface area contributed by atoms with Gasteiger partial charge in [-0.25, -0.2) is 23.3 Å². The van der Waals surface area contributed by atoms with E-state index in [2.05, 4.69) is 15.4 Å². The molecule has 3 aromatic heterocycles. The van der Waals surface area contributed by atoms with Gasteiger partial charge in [0.05, 0.1) is 16.8 Å². The maximum absolute atomic E-state index is 14.7. The van der Waals surface area contributed by atoms with Crippen molar-refractivity contribution in [2.75, 3.05) is 16.8 Å². The molecule has 1 amide bonds. The number of benzene rings is 1. The Kier molecular flexibility index (Phi) is 4.38. The van der Waals surface area contributed by atoms with Crippen molar-refractivity contribution < 1.29 is 13.6 Å². The molecule has 0 unspecified atom stereocenters. The zero-order valence-corrected chi connectivity index (χ0v) is 17.9. The van der Waals surface area contributed by atoms with E-state index >= 15 is 0 Å². The van der Waals surface area contributed by atoms with E-state index in [1.165, 1.54) is 30.6 Å². The fourth-order valence-electron chi connectivity index (χ4n) is 4.89. The number of nitrogens with one attached hydrogen (secondary N) is 1. The summed E-state index contributed by atoms with van der Waals surface area (Å²) in [7, 11) is 0. The van der Waals surface area contributed by atoms with Gasteiger partial charge in [-0.05, 0) is 55.2 Å². The molecular formula is C23H17ClF2N6O. The molecule has 1 saturated carbocycles. The zero-order valence-electron chi connectivity index (χ0n) is 17.2. The highest BCUT2D eigenvalue weighted by Gasteiger charge is 2.64. The number of carbonyl (C=O) groups is 1. The first kappa shape index (κ1) is 20.0. The Bertz CT molecular complexity index is 1410. The van der Waals surface area contributed by atoms with Crippen molar-refractivity contribution in [3.63, 3.8) is 0 Å². The summed E-state index contributed by atoms with van der Waals surface area (Å²) in [5.41, 5.74) is 0.817. The fraction of sp³-hybridized carbons (Fsp3) is 0.217. The van der Waals surface area contributed by atoms with Crippen LogP contribution in [0.5, 0.6) is 0 Å². The first-order valence-corrected chi connectivity index (χ1v) is 10.8. The topological polar surface area (TPSA) is 75.4 Å². The van der Waals surface area contributed by atoms with Gasteiger partial charge in [0.15, 0.2) is 5.65 Å². The lowest BCUT2D eigenvalue weighted by molar-refractivity contribution is 0.102. The predicted molar refractivity (Wildman–Crippen MR) is 118 cm³/mol. The molecule has 0 bridgehead atoms. The van der Waals surface area contributed by atoms with Crippen LogP contribution in [0.25, 0.3) is 5.65 Å². The Morgan fingerprint density at radius 1 is 1.18 bits per heavy atom. The minimum atomic E-state index is -0.603. The highest BCUT2D eigenvalue weighted by Crippen LogP contribution is 2.63. The van der Waals surface area contributed by atoms with Crippen LogP contribution in [0.3, 0.4) is 0 Å². The normalized spacial score (nSPS) is 21.3. The standard InChI is InChI=1S/C23H17ClF2N6O/c24-14-1-4-18(27-11-14)22(33)29-19-12-28-32-8-6-20(30-21(19)32)31-7-5-13-10-23(13,31)16-9-15(25)2-3-17(16)26/h1-4,6,8-9,11-13H,5,7,10H2,(H,29,33)/t13-,23+/m0/s1. The van der Waals surface area contributed by atoms with Crippen molar-refractivity contribution in [3.8, 4) is 0 Å². The summed E-state index contributed by atoms with van der Waals surface area (Å²) in [5.74, 6) is -0.438. The summed E-state index contributed by atoms with van der Waals surface area (Å²) in [6.45, 7) is 0.675. The summed E-state index contributed by atoms with van der Waals surface area (Å²) in [6.07, 6.45) is 6.25. The van der Waals surface area contributed by atoms with E-state index in [0.29, 0.717) is 34.3 Å².